The van der Waals surface area contributed by atoms with Gasteiger partial charge in [-0.2, -0.15) is 5.54 Å². The van der Waals surface area contributed by atoms with E-state index in [1.165, 1.54) is 5.54 Å². The van der Waals surface area contributed by atoms with Crippen LogP contribution in [0.4, 0.5) is 4.48 Å². The molecular formula is C5H12FNO2. The van der Waals surface area contributed by atoms with E-state index in [-0.39, 0.29) is 13.2 Å². The van der Waals surface area contributed by atoms with E-state index in [1.54, 1.807) is 0 Å². The summed E-state index contributed by atoms with van der Waals surface area (Å²) in [7, 11) is 0. The van der Waals surface area contributed by atoms with Gasteiger partial charge in [0, 0.05) is 13.2 Å². The molecule has 0 aliphatic heterocycles. The van der Waals surface area contributed by atoms with Gasteiger partial charge in [-0.1, -0.05) is 0 Å². The fraction of sp³-hybridized carbons (Fsp3) is 1.00. The largest absolute Gasteiger partial charge is 0.396 e. The number of aliphatic hydroxyl groups is 2. The summed E-state index contributed by atoms with van der Waals surface area (Å²) >= 11 is 0. The molecule has 0 aliphatic rings. The Morgan fingerprint density at radius 2 is 2.11 bits per heavy atom. The number of halogens is 1. The van der Waals surface area contributed by atoms with Gasteiger partial charge in [-0.3, -0.25) is 0 Å². The number of nitrogens with one attached hydrogen (secondary N) is 1. The maximum Gasteiger partial charge on any atom is 0.0575 e. The molecule has 0 saturated heterocycles. The molecule has 0 radical (unpaired) electrons. The lowest BCUT2D eigenvalue weighted by Crippen LogP contribution is -2.15. The van der Waals surface area contributed by atoms with Crippen molar-refractivity contribution in [2.45, 2.75) is 18.9 Å². The van der Waals surface area contributed by atoms with Gasteiger partial charge in [0.15, 0.2) is 0 Å². The first kappa shape index (κ1) is 8.81. The molecule has 0 rings (SSSR count). The molecule has 0 saturated carbocycles. The highest BCUT2D eigenvalue weighted by Crippen LogP contribution is 1.94. The molecule has 0 aromatic heterocycles. The molecule has 1 unspecified atom stereocenters. The van der Waals surface area contributed by atoms with Crippen molar-refractivity contribution in [3.63, 3.8) is 0 Å². The van der Waals surface area contributed by atoms with Crippen LogP contribution in [0.1, 0.15) is 12.8 Å². The van der Waals surface area contributed by atoms with Gasteiger partial charge >= 0.3 is 0 Å². The fourth-order valence-corrected chi connectivity index (χ4v) is 0.515. The Labute approximate surface area is 53.4 Å². The van der Waals surface area contributed by atoms with Crippen molar-refractivity contribution in [3.05, 3.63) is 0 Å². The van der Waals surface area contributed by atoms with Crippen molar-refractivity contribution in [1.82, 2.24) is 5.54 Å². The summed E-state index contributed by atoms with van der Waals surface area (Å²) in [6.45, 7) is 0.0919. The standard InChI is InChI=1S/C5H12FNO2/c6-7-3-1-5(9)2-4-8/h5,7-9H,1-4H2. The first-order valence-corrected chi connectivity index (χ1v) is 2.93. The number of hydrogen-bond donors (Lipinski definition) is 3. The summed E-state index contributed by atoms with van der Waals surface area (Å²) in [5.74, 6) is 0. The van der Waals surface area contributed by atoms with Crippen LogP contribution in [0.2, 0.25) is 0 Å². The van der Waals surface area contributed by atoms with Gasteiger partial charge < -0.3 is 10.2 Å². The molecule has 4 heteroatoms. The summed E-state index contributed by atoms with van der Waals surface area (Å²) in [4.78, 5) is 0. The average Bonchev–Trinajstić information content (AvgIpc) is 1.85. The fourth-order valence-electron chi connectivity index (χ4n) is 0.515. The third kappa shape index (κ3) is 5.68. The van der Waals surface area contributed by atoms with Gasteiger partial charge in [-0.05, 0) is 12.8 Å². The molecule has 3 N–H and O–H groups in total. The van der Waals surface area contributed by atoms with E-state index in [0.717, 1.165) is 0 Å². The molecule has 9 heavy (non-hydrogen) atoms. The second-order valence-electron chi connectivity index (χ2n) is 1.84. The second kappa shape index (κ2) is 5.94. The molecule has 1 atom stereocenters. The van der Waals surface area contributed by atoms with Crippen LogP contribution in [-0.2, 0) is 0 Å². The maximum atomic E-state index is 11.2. The number of aliphatic hydroxyl groups excluding tert-OH is 2. The predicted octanol–water partition coefficient (Wildman–Crippen LogP) is -0.406. The monoisotopic (exact) mass is 137 g/mol. The molecule has 56 valence electrons. The van der Waals surface area contributed by atoms with Crippen LogP contribution in [0.25, 0.3) is 0 Å². The quantitative estimate of drug-likeness (QED) is 0.452. The van der Waals surface area contributed by atoms with E-state index < -0.39 is 6.10 Å². The van der Waals surface area contributed by atoms with Gasteiger partial charge in [0.1, 0.15) is 0 Å². The summed E-state index contributed by atoms with van der Waals surface area (Å²) < 4.78 is 11.2. The molecule has 0 fully saturated rings. The molecule has 0 bridgehead atoms. The van der Waals surface area contributed by atoms with Gasteiger partial charge in [-0.25, -0.2) is 0 Å². The average molecular weight is 137 g/mol. The van der Waals surface area contributed by atoms with Crippen molar-refractivity contribution >= 4 is 0 Å². The van der Waals surface area contributed by atoms with E-state index >= 15 is 0 Å². The molecule has 0 aliphatic carbocycles. The highest BCUT2D eigenvalue weighted by molar-refractivity contribution is 4.53. The summed E-state index contributed by atoms with van der Waals surface area (Å²) in [5.41, 5.74) is 1.42. The van der Waals surface area contributed by atoms with E-state index in [0.29, 0.717) is 12.8 Å². The molecule has 0 spiro atoms. The van der Waals surface area contributed by atoms with Crippen molar-refractivity contribution in [2.24, 2.45) is 0 Å². The van der Waals surface area contributed by atoms with E-state index in [2.05, 4.69) is 0 Å². The summed E-state index contributed by atoms with van der Waals surface area (Å²) in [6.07, 6.45) is 0.0805. The SMILES string of the molecule is OCCC(O)CCNF. The number of hydrogen-bond acceptors (Lipinski definition) is 3. The highest BCUT2D eigenvalue weighted by Gasteiger charge is 2.00. The number of rotatable bonds is 5. The van der Waals surface area contributed by atoms with Gasteiger partial charge in [0.05, 0.1) is 6.10 Å². The van der Waals surface area contributed by atoms with Crippen molar-refractivity contribution in [3.8, 4) is 0 Å². The Morgan fingerprint density at radius 1 is 1.44 bits per heavy atom. The van der Waals surface area contributed by atoms with Gasteiger partial charge in [0.2, 0.25) is 0 Å². The normalized spacial score (nSPS) is 13.7. The lowest BCUT2D eigenvalue weighted by atomic mass is 10.2. The Hall–Kier alpha value is -0.190. The van der Waals surface area contributed by atoms with Crippen LogP contribution >= 0.6 is 0 Å². The summed E-state index contributed by atoms with van der Waals surface area (Å²) in [6, 6.07) is 0. The molecule has 0 amide bonds. The molecule has 0 aromatic carbocycles. The zero-order valence-electron chi connectivity index (χ0n) is 5.18. The predicted molar refractivity (Wildman–Crippen MR) is 31.4 cm³/mol. The van der Waals surface area contributed by atoms with Crippen LogP contribution in [0.3, 0.4) is 0 Å². The molecule has 3 nitrogen and oxygen atoms in total. The van der Waals surface area contributed by atoms with Crippen molar-refractivity contribution in [2.75, 3.05) is 13.2 Å². The van der Waals surface area contributed by atoms with Crippen LogP contribution in [0.5, 0.6) is 0 Å². The lowest BCUT2D eigenvalue weighted by molar-refractivity contribution is 0.119. The highest BCUT2D eigenvalue weighted by atomic mass is 19.2. The Bertz CT molecular complexity index is 62.9. The summed E-state index contributed by atoms with van der Waals surface area (Å²) in [5, 5.41) is 17.1. The lowest BCUT2D eigenvalue weighted by Gasteiger charge is -2.05. The third-order valence-corrected chi connectivity index (χ3v) is 1.03. The minimum absolute atomic E-state index is 0.0482. The molecular weight excluding hydrogens is 125 g/mol. The third-order valence-electron chi connectivity index (χ3n) is 1.03. The smallest absolute Gasteiger partial charge is 0.0575 e. The second-order valence-corrected chi connectivity index (χ2v) is 1.84. The van der Waals surface area contributed by atoms with Crippen molar-refractivity contribution in [1.29, 1.82) is 0 Å². The minimum Gasteiger partial charge on any atom is -0.396 e. The van der Waals surface area contributed by atoms with E-state index in [4.69, 9.17) is 10.2 Å². The van der Waals surface area contributed by atoms with Crippen molar-refractivity contribution < 1.29 is 14.7 Å². The van der Waals surface area contributed by atoms with Crippen LogP contribution < -0.4 is 5.54 Å². The van der Waals surface area contributed by atoms with Crippen LogP contribution in [0, 0.1) is 0 Å². The van der Waals surface area contributed by atoms with Gasteiger partial charge in [0.25, 0.3) is 0 Å². The Kier molecular flexibility index (Phi) is 5.81. The molecule has 0 aromatic rings. The van der Waals surface area contributed by atoms with Gasteiger partial charge in [-0.15, -0.1) is 4.48 Å². The van der Waals surface area contributed by atoms with E-state index in [9.17, 15) is 4.48 Å². The van der Waals surface area contributed by atoms with Crippen LogP contribution in [0.15, 0.2) is 0 Å². The zero-order chi connectivity index (χ0) is 7.11. The van der Waals surface area contributed by atoms with Crippen LogP contribution in [-0.4, -0.2) is 29.5 Å². The first-order chi connectivity index (χ1) is 4.31. The Balaban J connectivity index is 2.95. The first-order valence-electron chi connectivity index (χ1n) is 2.93. The minimum atomic E-state index is -0.585. The topological polar surface area (TPSA) is 52.5 Å². The Morgan fingerprint density at radius 3 is 2.56 bits per heavy atom. The maximum absolute atomic E-state index is 11.2. The molecule has 0 heterocycles. The van der Waals surface area contributed by atoms with E-state index in [1.807, 2.05) is 0 Å². The zero-order valence-corrected chi connectivity index (χ0v) is 5.18.